The van der Waals surface area contributed by atoms with E-state index >= 15 is 0 Å². The molecule has 0 aliphatic carbocycles. The number of ether oxygens (including phenoxy) is 3. The molecule has 0 spiro atoms. The molecule has 0 aliphatic heterocycles. The summed E-state index contributed by atoms with van der Waals surface area (Å²) < 4.78 is 17.3. The highest BCUT2D eigenvalue weighted by molar-refractivity contribution is 5.82. The third kappa shape index (κ3) is 8.43. The number of likely N-dealkylation sites (N-methyl/N-ethyl adjacent to an activating group) is 2. The molecule has 5 heteroatoms. The van der Waals surface area contributed by atoms with Gasteiger partial charge in [-0.25, -0.2) is 0 Å². The van der Waals surface area contributed by atoms with Crippen LogP contribution in [0, 0.1) is 0 Å². The maximum atomic E-state index is 5.92. The monoisotopic (exact) mass is 488 g/mol. The van der Waals surface area contributed by atoms with Gasteiger partial charge in [0.25, 0.3) is 0 Å². The highest BCUT2D eigenvalue weighted by Crippen LogP contribution is 2.31. The largest absolute Gasteiger partial charge is 0.497 e. The Hall–Kier alpha value is -3.28. The van der Waals surface area contributed by atoms with E-state index in [2.05, 4.69) is 77.4 Å². The lowest BCUT2D eigenvalue weighted by Gasteiger charge is -2.16. The lowest BCUT2D eigenvalue weighted by Crippen LogP contribution is -2.19. The number of nitrogens with zero attached hydrogens (tertiary/aromatic N) is 2. The Labute approximate surface area is 216 Å². The fourth-order valence-corrected chi connectivity index (χ4v) is 3.96. The van der Waals surface area contributed by atoms with E-state index in [1.807, 2.05) is 40.3 Å². The number of benzene rings is 3. The van der Waals surface area contributed by atoms with Crippen LogP contribution in [0.2, 0.25) is 0 Å². The standard InChI is InChI=1S/C31H40N2O3/c1-24(22-25-8-7-9-30(23-25)34-6)31(26-10-14-28(15-11-26)35-20-18-32(2)3)27-12-16-29(17-13-27)36-21-19-33(4)5/h7-17,23H,18-22H2,1-6H3. The lowest BCUT2D eigenvalue weighted by molar-refractivity contribution is 0.261. The average molecular weight is 489 g/mol. The van der Waals surface area contributed by atoms with Gasteiger partial charge < -0.3 is 24.0 Å². The van der Waals surface area contributed by atoms with Crippen LogP contribution in [0.25, 0.3) is 5.57 Å². The Morgan fingerprint density at radius 1 is 0.667 bits per heavy atom. The van der Waals surface area contributed by atoms with Crippen LogP contribution in [0.3, 0.4) is 0 Å². The fourth-order valence-electron chi connectivity index (χ4n) is 3.96. The summed E-state index contributed by atoms with van der Waals surface area (Å²) in [6.07, 6.45) is 0.828. The molecule has 0 unspecified atom stereocenters. The maximum Gasteiger partial charge on any atom is 0.119 e. The summed E-state index contributed by atoms with van der Waals surface area (Å²) in [5.41, 5.74) is 6.05. The van der Waals surface area contributed by atoms with E-state index in [1.165, 1.54) is 16.7 Å². The molecule has 3 aromatic rings. The van der Waals surface area contributed by atoms with Crippen molar-refractivity contribution in [2.45, 2.75) is 13.3 Å². The van der Waals surface area contributed by atoms with E-state index in [4.69, 9.17) is 14.2 Å². The van der Waals surface area contributed by atoms with Gasteiger partial charge in [0, 0.05) is 13.1 Å². The Balaban J connectivity index is 1.88. The Morgan fingerprint density at radius 2 is 1.17 bits per heavy atom. The third-order valence-electron chi connectivity index (χ3n) is 5.93. The molecule has 5 nitrogen and oxygen atoms in total. The van der Waals surface area contributed by atoms with Gasteiger partial charge in [-0.1, -0.05) is 42.0 Å². The van der Waals surface area contributed by atoms with Crippen LogP contribution in [0.5, 0.6) is 17.2 Å². The predicted octanol–water partition coefficient (Wildman–Crippen LogP) is 5.64. The highest BCUT2D eigenvalue weighted by atomic mass is 16.5. The smallest absolute Gasteiger partial charge is 0.119 e. The van der Waals surface area contributed by atoms with Crippen molar-refractivity contribution in [3.63, 3.8) is 0 Å². The van der Waals surface area contributed by atoms with Crippen molar-refractivity contribution in [2.24, 2.45) is 0 Å². The lowest BCUT2D eigenvalue weighted by atomic mass is 9.90. The van der Waals surface area contributed by atoms with Crippen molar-refractivity contribution in [1.29, 1.82) is 0 Å². The quantitative estimate of drug-likeness (QED) is 0.311. The second-order valence-corrected chi connectivity index (χ2v) is 9.54. The van der Waals surface area contributed by atoms with Crippen LogP contribution in [0.4, 0.5) is 0 Å². The molecule has 36 heavy (non-hydrogen) atoms. The molecule has 0 aliphatic rings. The molecular weight excluding hydrogens is 448 g/mol. The summed E-state index contributed by atoms with van der Waals surface area (Å²) in [6, 6.07) is 25.1. The molecule has 3 aromatic carbocycles. The molecular formula is C31H40N2O3. The Morgan fingerprint density at radius 3 is 1.61 bits per heavy atom. The summed E-state index contributed by atoms with van der Waals surface area (Å²) in [7, 11) is 9.90. The minimum Gasteiger partial charge on any atom is -0.497 e. The average Bonchev–Trinajstić information content (AvgIpc) is 2.86. The zero-order valence-electron chi connectivity index (χ0n) is 22.6. The molecule has 0 saturated carbocycles. The predicted molar refractivity (Wildman–Crippen MR) is 149 cm³/mol. The van der Waals surface area contributed by atoms with Crippen LogP contribution in [0.15, 0.2) is 78.4 Å². The fraction of sp³-hybridized carbons (Fsp3) is 0.355. The number of allylic oxidation sites excluding steroid dienone is 1. The second-order valence-electron chi connectivity index (χ2n) is 9.54. The van der Waals surface area contributed by atoms with Crippen molar-refractivity contribution in [1.82, 2.24) is 9.80 Å². The maximum absolute atomic E-state index is 5.92. The van der Waals surface area contributed by atoms with Crippen LogP contribution in [-0.4, -0.2) is 71.4 Å². The summed E-state index contributed by atoms with van der Waals surface area (Å²) in [4.78, 5) is 4.23. The van der Waals surface area contributed by atoms with Crippen molar-refractivity contribution >= 4 is 5.57 Å². The topological polar surface area (TPSA) is 34.2 Å². The number of hydrogen-bond acceptors (Lipinski definition) is 5. The first-order valence-electron chi connectivity index (χ1n) is 12.4. The van der Waals surface area contributed by atoms with E-state index in [0.29, 0.717) is 13.2 Å². The molecule has 0 radical (unpaired) electrons. The van der Waals surface area contributed by atoms with Gasteiger partial charge in [-0.2, -0.15) is 0 Å². The van der Waals surface area contributed by atoms with E-state index in [0.717, 1.165) is 47.9 Å². The summed E-state index contributed by atoms with van der Waals surface area (Å²) in [5, 5.41) is 0. The van der Waals surface area contributed by atoms with E-state index in [9.17, 15) is 0 Å². The third-order valence-corrected chi connectivity index (χ3v) is 5.93. The van der Waals surface area contributed by atoms with Gasteiger partial charge in [0.2, 0.25) is 0 Å². The number of methoxy groups -OCH3 is 1. The second kappa shape index (κ2) is 13.7. The Kier molecular flexibility index (Phi) is 10.4. The minimum absolute atomic E-state index is 0.666. The van der Waals surface area contributed by atoms with Crippen molar-refractivity contribution < 1.29 is 14.2 Å². The van der Waals surface area contributed by atoms with Crippen LogP contribution >= 0.6 is 0 Å². The van der Waals surface area contributed by atoms with Crippen LogP contribution in [0.1, 0.15) is 23.6 Å². The summed E-state index contributed by atoms with van der Waals surface area (Å²) >= 11 is 0. The molecule has 0 saturated heterocycles. The number of hydrogen-bond donors (Lipinski definition) is 0. The zero-order valence-corrected chi connectivity index (χ0v) is 22.6. The van der Waals surface area contributed by atoms with Gasteiger partial charge >= 0.3 is 0 Å². The van der Waals surface area contributed by atoms with E-state index < -0.39 is 0 Å². The normalized spacial score (nSPS) is 11.0. The molecule has 0 bridgehead atoms. The zero-order chi connectivity index (χ0) is 25.9. The van der Waals surface area contributed by atoms with Crippen LogP contribution in [-0.2, 0) is 6.42 Å². The first-order chi connectivity index (χ1) is 17.4. The molecule has 0 heterocycles. The first kappa shape index (κ1) is 27.3. The number of rotatable bonds is 13. The van der Waals surface area contributed by atoms with E-state index in [-0.39, 0.29) is 0 Å². The van der Waals surface area contributed by atoms with Crippen LogP contribution < -0.4 is 14.2 Å². The molecule has 0 aromatic heterocycles. The first-order valence-corrected chi connectivity index (χ1v) is 12.4. The molecule has 192 valence electrons. The van der Waals surface area contributed by atoms with Gasteiger partial charge in [-0.05, 0) is 100 Å². The summed E-state index contributed by atoms with van der Waals surface area (Å²) in [5.74, 6) is 2.64. The van der Waals surface area contributed by atoms with Gasteiger partial charge in [-0.3, -0.25) is 0 Å². The van der Waals surface area contributed by atoms with Crippen molar-refractivity contribution in [3.8, 4) is 17.2 Å². The van der Waals surface area contributed by atoms with Crippen molar-refractivity contribution in [2.75, 3.05) is 61.6 Å². The minimum atomic E-state index is 0.666. The Bertz CT molecular complexity index is 1040. The molecule has 0 fully saturated rings. The molecule has 0 N–H and O–H groups in total. The summed E-state index contributed by atoms with van der Waals surface area (Å²) in [6.45, 7) is 5.31. The molecule has 0 amide bonds. The van der Waals surface area contributed by atoms with Gasteiger partial charge in [0.15, 0.2) is 0 Å². The highest BCUT2D eigenvalue weighted by Gasteiger charge is 2.12. The molecule has 0 atom stereocenters. The van der Waals surface area contributed by atoms with Gasteiger partial charge in [-0.15, -0.1) is 0 Å². The SMILES string of the molecule is COc1cccc(CC(C)=C(c2ccc(OCCN(C)C)cc2)c2ccc(OCCN(C)C)cc2)c1. The van der Waals surface area contributed by atoms with Gasteiger partial charge in [0.1, 0.15) is 30.5 Å². The van der Waals surface area contributed by atoms with Crippen molar-refractivity contribution in [3.05, 3.63) is 95.1 Å². The van der Waals surface area contributed by atoms with Gasteiger partial charge in [0.05, 0.1) is 7.11 Å². The van der Waals surface area contributed by atoms with E-state index in [1.54, 1.807) is 7.11 Å². The molecule has 3 rings (SSSR count).